The molecule has 0 spiro atoms. The Hall–Kier alpha value is -1.36. The topological polar surface area (TPSA) is 49.8 Å². The molecule has 0 atom stereocenters. The van der Waals surface area contributed by atoms with Crippen LogP contribution >= 0.6 is 11.3 Å². The smallest absolute Gasteiger partial charge is 0.225 e. The van der Waals surface area contributed by atoms with Gasteiger partial charge in [-0.15, -0.1) is 11.3 Å². The largest absolute Gasteiger partial charge is 0.367 e. The van der Waals surface area contributed by atoms with Crippen LogP contribution in [0.15, 0.2) is 6.07 Å². The first-order valence-corrected chi connectivity index (χ1v) is 8.36. The number of hydrogen-bond acceptors (Lipinski definition) is 5. The molecule has 0 radical (unpaired) electrons. The summed E-state index contributed by atoms with van der Waals surface area (Å²) in [6.45, 7) is 2.19. The number of anilines is 2. The van der Waals surface area contributed by atoms with Gasteiger partial charge in [0.15, 0.2) is 0 Å². The molecule has 2 aromatic heterocycles. The molecule has 2 heterocycles. The molecule has 0 unspecified atom stereocenters. The van der Waals surface area contributed by atoms with Gasteiger partial charge < -0.3 is 10.6 Å². The van der Waals surface area contributed by atoms with Crippen molar-refractivity contribution >= 4 is 33.3 Å². The summed E-state index contributed by atoms with van der Waals surface area (Å²) in [5, 5.41) is 7.90. The van der Waals surface area contributed by atoms with E-state index in [-0.39, 0.29) is 0 Å². The second kappa shape index (κ2) is 5.95. The fourth-order valence-electron chi connectivity index (χ4n) is 2.81. The van der Waals surface area contributed by atoms with Gasteiger partial charge in [-0.2, -0.15) is 4.98 Å². The molecule has 0 aliphatic heterocycles. The third-order valence-electron chi connectivity index (χ3n) is 3.96. The van der Waals surface area contributed by atoms with Gasteiger partial charge in [-0.3, -0.25) is 0 Å². The first kappa shape index (κ1) is 13.6. The molecule has 0 bridgehead atoms. The van der Waals surface area contributed by atoms with Crippen molar-refractivity contribution in [2.75, 3.05) is 17.7 Å². The zero-order valence-corrected chi connectivity index (χ0v) is 13.0. The number of thiophene rings is 1. The maximum absolute atomic E-state index is 4.63. The molecular weight excluding hydrogens is 268 g/mol. The summed E-state index contributed by atoms with van der Waals surface area (Å²) in [6, 6.07) is 2.81. The highest BCUT2D eigenvalue weighted by atomic mass is 32.1. The third-order valence-corrected chi connectivity index (χ3v) is 5.14. The molecule has 0 saturated heterocycles. The predicted octanol–water partition coefficient (Wildman–Crippen LogP) is 4.04. The van der Waals surface area contributed by atoms with Gasteiger partial charge in [-0.1, -0.05) is 26.2 Å². The summed E-state index contributed by atoms with van der Waals surface area (Å²) < 4.78 is 0. The van der Waals surface area contributed by atoms with E-state index in [0.717, 1.165) is 17.1 Å². The molecule has 4 nitrogen and oxygen atoms in total. The molecule has 0 aromatic carbocycles. The van der Waals surface area contributed by atoms with Crippen molar-refractivity contribution < 1.29 is 0 Å². The SMILES string of the molecule is CCc1cc2c(NC3CCCCC3)nc(NC)nc2s1. The third kappa shape index (κ3) is 2.73. The molecule has 1 aliphatic rings. The Kier molecular flexibility index (Phi) is 4.05. The van der Waals surface area contributed by atoms with Crippen molar-refractivity contribution in [3.63, 3.8) is 0 Å². The number of fused-ring (bicyclic) bond motifs is 1. The average Bonchev–Trinajstić information content (AvgIpc) is 2.91. The Balaban J connectivity index is 1.95. The molecule has 20 heavy (non-hydrogen) atoms. The zero-order chi connectivity index (χ0) is 13.9. The number of nitrogens with zero attached hydrogens (tertiary/aromatic N) is 2. The van der Waals surface area contributed by atoms with Crippen molar-refractivity contribution in [2.24, 2.45) is 0 Å². The van der Waals surface area contributed by atoms with E-state index < -0.39 is 0 Å². The summed E-state index contributed by atoms with van der Waals surface area (Å²) in [5.74, 6) is 1.71. The van der Waals surface area contributed by atoms with Crippen LogP contribution in [-0.4, -0.2) is 23.1 Å². The number of aromatic nitrogens is 2. The number of nitrogens with one attached hydrogen (secondary N) is 2. The maximum Gasteiger partial charge on any atom is 0.225 e. The van der Waals surface area contributed by atoms with Gasteiger partial charge in [0.2, 0.25) is 5.95 Å². The van der Waals surface area contributed by atoms with E-state index in [0.29, 0.717) is 12.0 Å². The predicted molar refractivity (Wildman–Crippen MR) is 86.8 cm³/mol. The van der Waals surface area contributed by atoms with E-state index in [4.69, 9.17) is 0 Å². The van der Waals surface area contributed by atoms with Gasteiger partial charge in [0.25, 0.3) is 0 Å². The summed E-state index contributed by atoms with van der Waals surface area (Å²) in [7, 11) is 1.87. The van der Waals surface area contributed by atoms with Crippen LogP contribution in [0.4, 0.5) is 11.8 Å². The quantitative estimate of drug-likeness (QED) is 0.892. The van der Waals surface area contributed by atoms with E-state index in [1.807, 2.05) is 7.05 Å². The maximum atomic E-state index is 4.63. The lowest BCUT2D eigenvalue weighted by molar-refractivity contribution is 0.462. The van der Waals surface area contributed by atoms with Crippen molar-refractivity contribution in [2.45, 2.75) is 51.5 Å². The Morgan fingerprint density at radius 1 is 1.25 bits per heavy atom. The second-order valence-corrected chi connectivity index (χ2v) is 6.53. The van der Waals surface area contributed by atoms with Crippen molar-refractivity contribution in [1.29, 1.82) is 0 Å². The molecule has 0 amide bonds. The fourth-order valence-corrected chi connectivity index (χ4v) is 3.77. The van der Waals surface area contributed by atoms with Crippen LogP contribution in [0.25, 0.3) is 10.2 Å². The lowest BCUT2D eigenvalue weighted by atomic mass is 9.95. The molecule has 2 aromatic rings. The van der Waals surface area contributed by atoms with Crippen molar-refractivity contribution in [3.8, 4) is 0 Å². The lowest BCUT2D eigenvalue weighted by Crippen LogP contribution is -2.23. The highest BCUT2D eigenvalue weighted by molar-refractivity contribution is 7.18. The number of rotatable bonds is 4. The molecule has 5 heteroatoms. The van der Waals surface area contributed by atoms with Crippen LogP contribution < -0.4 is 10.6 Å². The Bertz CT molecular complexity index is 587. The number of aryl methyl sites for hydroxylation is 1. The van der Waals surface area contributed by atoms with Crippen LogP contribution in [0.3, 0.4) is 0 Å². The van der Waals surface area contributed by atoms with Gasteiger partial charge in [-0.05, 0) is 25.3 Å². The molecule has 108 valence electrons. The fraction of sp³-hybridized carbons (Fsp3) is 0.600. The highest BCUT2D eigenvalue weighted by Gasteiger charge is 2.17. The van der Waals surface area contributed by atoms with Crippen LogP contribution in [-0.2, 0) is 6.42 Å². The summed E-state index contributed by atoms with van der Waals surface area (Å²) in [5.41, 5.74) is 0. The molecular formula is C15H22N4S. The Morgan fingerprint density at radius 2 is 2.05 bits per heavy atom. The molecule has 1 aliphatic carbocycles. The van der Waals surface area contributed by atoms with E-state index in [9.17, 15) is 0 Å². The summed E-state index contributed by atoms with van der Waals surface area (Å²) >= 11 is 1.77. The highest BCUT2D eigenvalue weighted by Crippen LogP contribution is 2.32. The molecule has 1 fully saturated rings. The monoisotopic (exact) mass is 290 g/mol. The minimum Gasteiger partial charge on any atom is -0.367 e. The Labute approximate surface area is 124 Å². The van der Waals surface area contributed by atoms with Gasteiger partial charge in [0.1, 0.15) is 10.6 Å². The van der Waals surface area contributed by atoms with Gasteiger partial charge in [0, 0.05) is 18.0 Å². The first-order chi connectivity index (χ1) is 9.80. The molecule has 3 rings (SSSR count). The second-order valence-electron chi connectivity index (χ2n) is 5.41. The van der Waals surface area contributed by atoms with E-state index in [2.05, 4.69) is 33.6 Å². The first-order valence-electron chi connectivity index (χ1n) is 7.55. The summed E-state index contributed by atoms with van der Waals surface area (Å²) in [6.07, 6.45) is 7.59. The molecule has 1 saturated carbocycles. The minimum absolute atomic E-state index is 0.566. The van der Waals surface area contributed by atoms with Gasteiger partial charge >= 0.3 is 0 Å². The van der Waals surface area contributed by atoms with E-state index in [1.165, 1.54) is 42.4 Å². The van der Waals surface area contributed by atoms with E-state index >= 15 is 0 Å². The van der Waals surface area contributed by atoms with Crippen molar-refractivity contribution in [1.82, 2.24) is 9.97 Å². The van der Waals surface area contributed by atoms with Gasteiger partial charge in [-0.25, -0.2) is 4.98 Å². The van der Waals surface area contributed by atoms with Crippen LogP contribution in [0, 0.1) is 0 Å². The standard InChI is InChI=1S/C15H22N4S/c1-3-11-9-12-13(17-10-7-5-4-6-8-10)18-15(16-2)19-14(12)20-11/h9-10H,3-8H2,1-2H3,(H2,16,17,18,19). The Morgan fingerprint density at radius 3 is 2.75 bits per heavy atom. The van der Waals surface area contributed by atoms with Crippen LogP contribution in [0.2, 0.25) is 0 Å². The summed E-state index contributed by atoms with van der Waals surface area (Å²) in [4.78, 5) is 11.7. The average molecular weight is 290 g/mol. The zero-order valence-electron chi connectivity index (χ0n) is 12.2. The number of hydrogen-bond donors (Lipinski definition) is 2. The van der Waals surface area contributed by atoms with Crippen LogP contribution in [0.5, 0.6) is 0 Å². The normalized spacial score (nSPS) is 16.5. The van der Waals surface area contributed by atoms with Gasteiger partial charge in [0.05, 0.1) is 5.39 Å². The van der Waals surface area contributed by atoms with Crippen molar-refractivity contribution in [3.05, 3.63) is 10.9 Å². The minimum atomic E-state index is 0.566. The van der Waals surface area contributed by atoms with E-state index in [1.54, 1.807) is 11.3 Å². The molecule has 2 N–H and O–H groups in total. The lowest BCUT2D eigenvalue weighted by Gasteiger charge is -2.23. The van der Waals surface area contributed by atoms with Crippen LogP contribution in [0.1, 0.15) is 43.9 Å².